The van der Waals surface area contributed by atoms with E-state index in [4.69, 9.17) is 15.5 Å². The molecule has 2 aliphatic rings. The van der Waals surface area contributed by atoms with E-state index in [9.17, 15) is 0 Å². The van der Waals surface area contributed by atoms with E-state index in [-0.39, 0.29) is 5.54 Å². The van der Waals surface area contributed by atoms with Crippen molar-refractivity contribution in [2.75, 3.05) is 7.11 Å². The molecule has 0 radical (unpaired) electrons. The maximum atomic E-state index is 6.44. The third-order valence-electron chi connectivity index (χ3n) is 4.56. The summed E-state index contributed by atoms with van der Waals surface area (Å²) in [6, 6.07) is 6.31. The Balaban J connectivity index is 1.83. The molecule has 0 saturated heterocycles. The van der Waals surface area contributed by atoms with E-state index in [1.807, 2.05) is 17.4 Å². The number of hydrogen-bond acceptors (Lipinski definition) is 4. The van der Waals surface area contributed by atoms with Crippen LogP contribution in [0.3, 0.4) is 0 Å². The number of methoxy groups -OCH3 is 1. The highest BCUT2D eigenvalue weighted by atomic mass is 32.1. The largest absolute Gasteiger partial charge is 0.497 e. The van der Waals surface area contributed by atoms with Crippen LogP contribution in [0.5, 0.6) is 5.75 Å². The van der Waals surface area contributed by atoms with Gasteiger partial charge in [0.15, 0.2) is 0 Å². The maximum Gasteiger partial charge on any atom is 0.119 e. The van der Waals surface area contributed by atoms with Crippen LogP contribution in [0.1, 0.15) is 34.7 Å². The number of aryl methyl sites for hydroxylation is 2. The van der Waals surface area contributed by atoms with Crippen molar-refractivity contribution in [1.82, 2.24) is 4.98 Å². The highest BCUT2D eigenvalue weighted by Gasteiger charge is 2.38. The molecule has 2 N–H and O–H groups in total. The molecule has 20 heavy (non-hydrogen) atoms. The van der Waals surface area contributed by atoms with Gasteiger partial charge in [-0.25, -0.2) is 4.98 Å². The summed E-state index contributed by atoms with van der Waals surface area (Å²) in [6.07, 6.45) is 5.55. The molecule has 1 fully saturated rings. The summed E-state index contributed by atoms with van der Waals surface area (Å²) >= 11 is 1.82. The molecule has 4 rings (SSSR count). The van der Waals surface area contributed by atoms with Crippen molar-refractivity contribution in [3.63, 3.8) is 0 Å². The number of benzene rings is 1. The Kier molecular flexibility index (Phi) is 2.66. The van der Waals surface area contributed by atoms with Crippen molar-refractivity contribution in [2.45, 2.75) is 37.6 Å². The number of ether oxygens (including phenoxy) is 1. The lowest BCUT2D eigenvalue weighted by molar-refractivity contribution is 0.253. The van der Waals surface area contributed by atoms with Gasteiger partial charge in [0, 0.05) is 10.4 Å². The Bertz CT molecular complexity index is 673. The number of fused-ring (bicyclic) bond motifs is 3. The van der Waals surface area contributed by atoms with Gasteiger partial charge < -0.3 is 10.5 Å². The minimum Gasteiger partial charge on any atom is -0.497 e. The smallest absolute Gasteiger partial charge is 0.119 e. The Morgan fingerprint density at radius 3 is 2.85 bits per heavy atom. The third-order valence-corrected chi connectivity index (χ3v) is 5.90. The monoisotopic (exact) mass is 286 g/mol. The highest BCUT2D eigenvalue weighted by molar-refractivity contribution is 7.12. The number of rotatable bonds is 2. The van der Waals surface area contributed by atoms with Crippen molar-refractivity contribution < 1.29 is 4.74 Å². The van der Waals surface area contributed by atoms with Crippen LogP contribution < -0.4 is 10.5 Å². The minimum atomic E-state index is -0.152. The Morgan fingerprint density at radius 2 is 2.15 bits per heavy atom. The van der Waals surface area contributed by atoms with E-state index in [2.05, 4.69) is 12.1 Å². The zero-order chi connectivity index (χ0) is 13.7. The molecule has 1 aromatic heterocycles. The molecule has 0 atom stereocenters. The predicted molar refractivity (Wildman–Crippen MR) is 81.2 cm³/mol. The SMILES string of the molecule is COc1ccc2c(c1)-c1nc(C3(N)CCC3)sc1CC2. The van der Waals surface area contributed by atoms with Gasteiger partial charge in [0.05, 0.1) is 18.3 Å². The lowest BCUT2D eigenvalue weighted by Crippen LogP contribution is -2.43. The molecule has 1 aromatic carbocycles. The zero-order valence-electron chi connectivity index (χ0n) is 11.6. The third kappa shape index (κ3) is 1.71. The van der Waals surface area contributed by atoms with E-state index >= 15 is 0 Å². The molecule has 4 heteroatoms. The molecule has 104 valence electrons. The molecule has 0 amide bonds. The van der Waals surface area contributed by atoms with Crippen LogP contribution in [-0.2, 0) is 18.4 Å². The van der Waals surface area contributed by atoms with Crippen LogP contribution in [-0.4, -0.2) is 12.1 Å². The van der Waals surface area contributed by atoms with Crippen LogP contribution in [0.2, 0.25) is 0 Å². The first-order chi connectivity index (χ1) is 9.69. The molecule has 2 aliphatic carbocycles. The average molecular weight is 286 g/mol. The molecule has 0 spiro atoms. The molecule has 0 unspecified atom stereocenters. The summed E-state index contributed by atoms with van der Waals surface area (Å²) in [5.74, 6) is 0.900. The second-order valence-electron chi connectivity index (χ2n) is 5.82. The summed E-state index contributed by atoms with van der Waals surface area (Å²) in [5, 5.41) is 1.13. The zero-order valence-corrected chi connectivity index (χ0v) is 12.4. The number of thiazole rings is 1. The topological polar surface area (TPSA) is 48.1 Å². The van der Waals surface area contributed by atoms with Crippen molar-refractivity contribution >= 4 is 11.3 Å². The lowest BCUT2D eigenvalue weighted by Gasteiger charge is -2.35. The van der Waals surface area contributed by atoms with Crippen LogP contribution in [0.25, 0.3) is 11.3 Å². The predicted octanol–water partition coefficient (Wildman–Crippen LogP) is 3.26. The lowest BCUT2D eigenvalue weighted by atomic mass is 9.78. The van der Waals surface area contributed by atoms with Gasteiger partial charge in [-0.2, -0.15) is 0 Å². The first kappa shape index (κ1) is 12.4. The Hall–Kier alpha value is -1.39. The summed E-state index contributed by atoms with van der Waals surface area (Å²) in [5.41, 5.74) is 10.0. The van der Waals surface area contributed by atoms with Gasteiger partial charge in [-0.3, -0.25) is 0 Å². The van der Waals surface area contributed by atoms with Crippen molar-refractivity contribution in [3.05, 3.63) is 33.6 Å². The van der Waals surface area contributed by atoms with Gasteiger partial charge in [0.1, 0.15) is 10.8 Å². The van der Waals surface area contributed by atoms with E-state index in [1.54, 1.807) is 7.11 Å². The Labute approximate surface area is 122 Å². The Morgan fingerprint density at radius 1 is 1.30 bits per heavy atom. The van der Waals surface area contributed by atoms with Gasteiger partial charge in [-0.05, 0) is 49.8 Å². The van der Waals surface area contributed by atoms with Crippen molar-refractivity contribution in [2.24, 2.45) is 5.73 Å². The fourth-order valence-corrected chi connectivity index (χ4v) is 4.32. The first-order valence-electron chi connectivity index (χ1n) is 7.16. The second-order valence-corrected chi connectivity index (χ2v) is 6.91. The minimum absolute atomic E-state index is 0.152. The summed E-state index contributed by atoms with van der Waals surface area (Å²) < 4.78 is 5.35. The average Bonchev–Trinajstić information content (AvgIpc) is 2.88. The van der Waals surface area contributed by atoms with Crippen molar-refractivity contribution in [3.8, 4) is 17.0 Å². The summed E-state index contributed by atoms with van der Waals surface area (Å²) in [7, 11) is 1.71. The standard InChI is InChI=1S/C16H18N2OS/c1-19-11-5-3-10-4-6-13-14(12(10)9-11)18-15(20-13)16(17)7-2-8-16/h3,5,9H,2,4,6-8,17H2,1H3. The molecular weight excluding hydrogens is 268 g/mol. The first-order valence-corrected chi connectivity index (χ1v) is 7.98. The van der Waals surface area contributed by atoms with Gasteiger partial charge in [0.25, 0.3) is 0 Å². The van der Waals surface area contributed by atoms with Crippen molar-refractivity contribution in [1.29, 1.82) is 0 Å². The number of aromatic nitrogens is 1. The van der Waals surface area contributed by atoms with E-state index < -0.39 is 0 Å². The molecule has 0 bridgehead atoms. The van der Waals surface area contributed by atoms with Crippen LogP contribution >= 0.6 is 11.3 Å². The molecular formula is C16H18N2OS. The van der Waals surface area contributed by atoms with Gasteiger partial charge >= 0.3 is 0 Å². The fourth-order valence-electron chi connectivity index (χ4n) is 3.09. The van der Waals surface area contributed by atoms with Crippen LogP contribution in [0.15, 0.2) is 18.2 Å². The molecule has 1 saturated carbocycles. The summed E-state index contributed by atoms with van der Waals surface area (Å²) in [4.78, 5) is 6.29. The fraction of sp³-hybridized carbons (Fsp3) is 0.438. The normalized spacial score (nSPS) is 18.9. The highest BCUT2D eigenvalue weighted by Crippen LogP contribution is 2.45. The van der Waals surface area contributed by atoms with Gasteiger partial charge in [-0.1, -0.05) is 6.07 Å². The van der Waals surface area contributed by atoms with E-state index in [0.29, 0.717) is 0 Å². The van der Waals surface area contributed by atoms with Crippen LogP contribution in [0.4, 0.5) is 0 Å². The van der Waals surface area contributed by atoms with Gasteiger partial charge in [-0.15, -0.1) is 11.3 Å². The molecule has 3 nitrogen and oxygen atoms in total. The van der Waals surface area contributed by atoms with E-state index in [0.717, 1.165) is 42.1 Å². The summed E-state index contributed by atoms with van der Waals surface area (Å²) in [6.45, 7) is 0. The number of nitrogens with zero attached hydrogens (tertiary/aromatic N) is 1. The quantitative estimate of drug-likeness (QED) is 0.922. The van der Waals surface area contributed by atoms with Crippen LogP contribution in [0, 0.1) is 0 Å². The number of nitrogens with two attached hydrogens (primary N) is 1. The molecule has 2 aromatic rings. The van der Waals surface area contributed by atoms with Gasteiger partial charge in [0.2, 0.25) is 0 Å². The molecule has 1 heterocycles. The second kappa shape index (κ2) is 4.30. The maximum absolute atomic E-state index is 6.44. The van der Waals surface area contributed by atoms with E-state index in [1.165, 1.54) is 22.4 Å². The molecule has 0 aliphatic heterocycles. The number of hydrogen-bond donors (Lipinski definition) is 1.